The molecule has 0 aliphatic rings. The van der Waals surface area contributed by atoms with Gasteiger partial charge in [-0.05, 0) is 49.1 Å². The predicted molar refractivity (Wildman–Crippen MR) is 114 cm³/mol. The molecular formula is C23H27NO3S. The lowest BCUT2D eigenvalue weighted by Gasteiger charge is -2.13. The molecule has 1 heterocycles. The number of aliphatic carboxylic acids is 1. The second kappa shape index (κ2) is 11.3. The highest BCUT2D eigenvalue weighted by Gasteiger charge is 2.16. The fraction of sp³-hybridized carbons (Fsp3) is 0.391. The molecule has 0 aliphatic carbocycles. The maximum Gasteiger partial charge on any atom is 0.305 e. The second-order valence-electron chi connectivity index (χ2n) is 6.74. The number of nitrogens with one attached hydrogen (secondary N) is 1. The smallest absolute Gasteiger partial charge is 0.305 e. The van der Waals surface area contributed by atoms with Crippen LogP contribution in [0.1, 0.15) is 71.6 Å². The summed E-state index contributed by atoms with van der Waals surface area (Å²) in [4.78, 5) is 24.5. The summed E-state index contributed by atoms with van der Waals surface area (Å²) in [5.74, 6) is 5.08. The number of rotatable bonds is 9. The highest BCUT2D eigenvalue weighted by atomic mass is 32.1. The third kappa shape index (κ3) is 7.21. The maximum atomic E-state index is 12.3. The lowest BCUT2D eigenvalue weighted by Crippen LogP contribution is -2.35. The number of hydrogen-bond acceptors (Lipinski definition) is 3. The molecule has 2 N–H and O–H groups in total. The van der Waals surface area contributed by atoms with Gasteiger partial charge >= 0.3 is 5.97 Å². The fourth-order valence-electron chi connectivity index (χ4n) is 2.76. The van der Waals surface area contributed by atoms with E-state index < -0.39 is 5.97 Å². The van der Waals surface area contributed by atoms with Crippen molar-refractivity contribution in [1.29, 1.82) is 0 Å². The molecule has 2 rings (SSSR count). The van der Waals surface area contributed by atoms with Crippen LogP contribution in [0.4, 0.5) is 0 Å². The van der Waals surface area contributed by atoms with E-state index >= 15 is 0 Å². The quantitative estimate of drug-likeness (QED) is 0.469. The number of amides is 1. The van der Waals surface area contributed by atoms with E-state index in [0.717, 1.165) is 16.9 Å². The molecule has 0 radical (unpaired) electrons. The average molecular weight is 398 g/mol. The Morgan fingerprint density at radius 3 is 2.46 bits per heavy atom. The summed E-state index contributed by atoms with van der Waals surface area (Å²) in [5, 5.41) is 11.7. The monoisotopic (exact) mass is 397 g/mol. The van der Waals surface area contributed by atoms with Crippen molar-refractivity contribution in [2.24, 2.45) is 0 Å². The number of carbonyl (C=O) groups is 2. The van der Waals surface area contributed by atoms with Crippen molar-refractivity contribution < 1.29 is 14.7 Å². The molecule has 0 saturated heterocycles. The van der Waals surface area contributed by atoms with Crippen LogP contribution in [-0.2, 0) is 11.2 Å². The summed E-state index contributed by atoms with van der Waals surface area (Å²) in [5.41, 5.74) is 2.28. The minimum absolute atomic E-state index is 0.0747. The van der Waals surface area contributed by atoms with E-state index in [2.05, 4.69) is 36.2 Å². The van der Waals surface area contributed by atoms with Crippen LogP contribution in [0.2, 0.25) is 0 Å². The van der Waals surface area contributed by atoms with Gasteiger partial charge in [-0.2, -0.15) is 0 Å². The zero-order chi connectivity index (χ0) is 20.4. The molecule has 0 aliphatic heterocycles. The Morgan fingerprint density at radius 2 is 1.82 bits per heavy atom. The summed E-state index contributed by atoms with van der Waals surface area (Å²) >= 11 is 1.32. The minimum Gasteiger partial charge on any atom is -0.481 e. The molecule has 1 aromatic carbocycles. The third-order valence-electron chi connectivity index (χ3n) is 4.43. The molecule has 0 unspecified atom stereocenters. The normalized spacial score (nSPS) is 11.4. The Bertz CT molecular complexity index is 843. The molecular weight excluding hydrogens is 370 g/mol. The molecule has 1 atom stereocenters. The van der Waals surface area contributed by atoms with Gasteiger partial charge in [0.2, 0.25) is 0 Å². The van der Waals surface area contributed by atoms with Crippen molar-refractivity contribution >= 4 is 23.2 Å². The fourth-order valence-corrected chi connectivity index (χ4v) is 3.52. The van der Waals surface area contributed by atoms with Crippen LogP contribution >= 0.6 is 11.3 Å². The molecule has 0 fully saturated rings. The third-order valence-corrected chi connectivity index (χ3v) is 5.43. The second-order valence-corrected chi connectivity index (χ2v) is 7.83. The minimum atomic E-state index is -0.915. The van der Waals surface area contributed by atoms with E-state index in [1.165, 1.54) is 36.2 Å². The summed E-state index contributed by atoms with van der Waals surface area (Å²) in [6, 6.07) is 11.5. The van der Waals surface area contributed by atoms with Crippen LogP contribution in [-0.4, -0.2) is 23.0 Å². The first kappa shape index (κ1) is 21.7. The summed E-state index contributed by atoms with van der Waals surface area (Å²) in [7, 11) is 0. The van der Waals surface area contributed by atoms with Crippen LogP contribution in [0.25, 0.3) is 0 Å². The van der Waals surface area contributed by atoms with Gasteiger partial charge in [0.1, 0.15) is 0 Å². The molecule has 0 bridgehead atoms. The van der Waals surface area contributed by atoms with E-state index in [1.807, 2.05) is 25.1 Å². The van der Waals surface area contributed by atoms with Crippen LogP contribution < -0.4 is 5.32 Å². The van der Waals surface area contributed by atoms with Crippen LogP contribution in [0.5, 0.6) is 0 Å². The van der Waals surface area contributed by atoms with E-state index in [9.17, 15) is 9.59 Å². The Balaban J connectivity index is 1.95. The SMILES string of the molecule is CCCCCc1ccc(C#Cc2ccc(C(=O)N[C@@H](CC)CC(=O)O)s2)cc1. The lowest BCUT2D eigenvalue weighted by atomic mass is 10.1. The first-order chi connectivity index (χ1) is 13.5. The van der Waals surface area contributed by atoms with Crippen molar-refractivity contribution in [2.45, 2.75) is 58.4 Å². The van der Waals surface area contributed by atoms with E-state index in [4.69, 9.17) is 5.11 Å². The number of benzene rings is 1. The van der Waals surface area contributed by atoms with Crippen molar-refractivity contribution in [1.82, 2.24) is 5.32 Å². The van der Waals surface area contributed by atoms with Gasteiger partial charge < -0.3 is 10.4 Å². The Hall–Kier alpha value is -2.58. The highest BCUT2D eigenvalue weighted by molar-refractivity contribution is 7.14. The molecule has 0 spiro atoms. The van der Waals surface area contributed by atoms with Gasteiger partial charge in [-0.15, -0.1) is 11.3 Å². The standard InChI is InChI=1S/C23H27NO3S/c1-3-5-6-7-17-8-10-18(11-9-17)12-13-20-14-15-21(28-20)23(27)24-19(4-2)16-22(25)26/h8-11,14-15,19H,3-7,16H2,1-2H3,(H,24,27)(H,25,26)/t19-/m0/s1. The number of hydrogen-bond donors (Lipinski definition) is 2. The zero-order valence-corrected chi connectivity index (χ0v) is 17.3. The van der Waals surface area contributed by atoms with Crippen LogP contribution in [0.15, 0.2) is 36.4 Å². The topological polar surface area (TPSA) is 66.4 Å². The van der Waals surface area contributed by atoms with Gasteiger partial charge in [0, 0.05) is 11.6 Å². The van der Waals surface area contributed by atoms with Gasteiger partial charge in [0.15, 0.2) is 0 Å². The lowest BCUT2D eigenvalue weighted by molar-refractivity contribution is -0.137. The number of unbranched alkanes of at least 4 members (excludes halogenated alkanes) is 2. The predicted octanol–water partition coefficient (Wildman–Crippen LogP) is 4.86. The molecule has 2 aromatic rings. The van der Waals surface area contributed by atoms with E-state index in [-0.39, 0.29) is 18.4 Å². The Labute approximate surface area is 171 Å². The first-order valence-corrected chi connectivity index (χ1v) is 10.6. The summed E-state index contributed by atoms with van der Waals surface area (Å²) in [6.45, 7) is 4.06. The Morgan fingerprint density at radius 1 is 1.07 bits per heavy atom. The van der Waals surface area contributed by atoms with Crippen molar-refractivity contribution in [2.75, 3.05) is 0 Å². The van der Waals surface area contributed by atoms with Gasteiger partial charge in [-0.3, -0.25) is 9.59 Å². The number of carboxylic acids is 1. The van der Waals surface area contributed by atoms with Gasteiger partial charge in [0.25, 0.3) is 5.91 Å². The molecule has 1 aromatic heterocycles. The number of carbonyl (C=O) groups excluding carboxylic acids is 1. The summed E-state index contributed by atoms with van der Waals surface area (Å²) < 4.78 is 0. The van der Waals surface area contributed by atoms with Crippen molar-refractivity contribution in [3.05, 3.63) is 57.3 Å². The van der Waals surface area contributed by atoms with Crippen LogP contribution in [0.3, 0.4) is 0 Å². The van der Waals surface area contributed by atoms with Crippen molar-refractivity contribution in [3.63, 3.8) is 0 Å². The molecule has 0 saturated carbocycles. The van der Waals surface area contributed by atoms with Gasteiger partial charge in [-0.1, -0.05) is 50.7 Å². The molecule has 4 nitrogen and oxygen atoms in total. The Kier molecular flexibility index (Phi) is 8.77. The molecule has 28 heavy (non-hydrogen) atoms. The summed E-state index contributed by atoms with van der Waals surface area (Å²) in [6.07, 6.45) is 5.30. The van der Waals surface area contributed by atoms with Gasteiger partial charge in [0.05, 0.1) is 16.2 Å². The molecule has 1 amide bonds. The van der Waals surface area contributed by atoms with E-state index in [1.54, 1.807) is 6.07 Å². The maximum absolute atomic E-state index is 12.3. The van der Waals surface area contributed by atoms with Crippen molar-refractivity contribution in [3.8, 4) is 11.8 Å². The zero-order valence-electron chi connectivity index (χ0n) is 16.5. The number of carboxylic acid groups (broad SMARTS) is 1. The average Bonchev–Trinajstić information content (AvgIpc) is 3.16. The van der Waals surface area contributed by atoms with E-state index in [0.29, 0.717) is 11.3 Å². The first-order valence-electron chi connectivity index (χ1n) is 9.75. The number of aryl methyl sites for hydroxylation is 1. The highest BCUT2D eigenvalue weighted by Crippen LogP contribution is 2.16. The van der Waals surface area contributed by atoms with Crippen LogP contribution in [0, 0.1) is 11.8 Å². The largest absolute Gasteiger partial charge is 0.481 e. The molecule has 148 valence electrons. The molecule has 5 heteroatoms. The number of thiophene rings is 1. The van der Waals surface area contributed by atoms with Gasteiger partial charge in [-0.25, -0.2) is 0 Å².